The minimum atomic E-state index is 0. The zero-order valence-electron chi connectivity index (χ0n) is 3.81. The molecule has 0 heterocycles. The number of rotatable bonds is 0. The summed E-state index contributed by atoms with van der Waals surface area (Å²) in [7, 11) is 0. The van der Waals surface area contributed by atoms with Crippen molar-refractivity contribution in [1.82, 2.24) is 0 Å². The summed E-state index contributed by atoms with van der Waals surface area (Å²) in [4.78, 5) is 0. The van der Waals surface area contributed by atoms with Gasteiger partial charge in [0.15, 0.2) is 0 Å². The Balaban J connectivity index is 0. The van der Waals surface area contributed by atoms with Crippen LogP contribution in [0.5, 0.6) is 0 Å². The second-order valence-corrected chi connectivity index (χ2v) is 0. The fraction of sp³-hybridized carbons (Fsp3) is 0. The van der Waals surface area contributed by atoms with Crippen LogP contribution in [0.25, 0.3) is 0 Å². The van der Waals surface area contributed by atoms with E-state index in [0.29, 0.717) is 0 Å². The van der Waals surface area contributed by atoms with E-state index in [1.807, 2.05) is 0 Å². The van der Waals surface area contributed by atoms with Crippen LogP contribution < -0.4 is 0 Å². The summed E-state index contributed by atoms with van der Waals surface area (Å²) in [6.07, 6.45) is 0. The summed E-state index contributed by atoms with van der Waals surface area (Å²) in [6, 6.07) is 0. The molecule has 0 spiro atoms. The monoisotopic (exact) mass is 523 g/mol. The molecule has 0 bridgehead atoms. The zero-order chi connectivity index (χ0) is 0. The van der Waals surface area contributed by atoms with Gasteiger partial charge in [-0.15, -0.1) is 48.0 Å². The maximum Gasteiger partial charge on any atom is 0 e. The molecule has 0 saturated heterocycles. The van der Waals surface area contributed by atoms with Crippen LogP contribution >= 0.6 is 57.9 Å². The van der Waals surface area contributed by atoms with Gasteiger partial charge in [-0.3, -0.25) is 9.41 Å². The van der Waals surface area contributed by atoms with Crippen LogP contribution in [0.3, 0.4) is 0 Å². The van der Waals surface area contributed by atoms with Crippen LogP contribution in [0.4, 0.5) is 9.41 Å². The maximum absolute atomic E-state index is 0. The summed E-state index contributed by atoms with van der Waals surface area (Å²) in [5, 5.41) is 0. The molecule has 0 N–H and O–H groups in total. The van der Waals surface area contributed by atoms with E-state index in [0.717, 1.165) is 0 Å². The number of halogens is 4. The van der Waals surface area contributed by atoms with Crippen LogP contribution in [-0.2, 0) is 69.8 Å². The molecule has 0 amide bonds. The molecule has 55 valence electrons. The van der Waals surface area contributed by atoms with Gasteiger partial charge in [-0.05, 0) is 0 Å². The molecular formula is H9F2I2PV2Y. The van der Waals surface area contributed by atoms with Gasteiger partial charge in [0.2, 0.25) is 0 Å². The van der Waals surface area contributed by atoms with E-state index >= 15 is 0 Å². The Morgan fingerprint density at radius 1 is 0.750 bits per heavy atom. The standard InChI is InChI=1S/2FH.2HI.H3P.2V.Y.H2/h4*1H;1H3;;;;1H. The van der Waals surface area contributed by atoms with Gasteiger partial charge < -0.3 is 0 Å². The van der Waals surface area contributed by atoms with Crippen LogP contribution in [-0.4, -0.2) is 0 Å². The van der Waals surface area contributed by atoms with Gasteiger partial charge in [0.05, 0.1) is 0 Å². The molecule has 0 rings (SSSR count). The van der Waals surface area contributed by atoms with Crippen molar-refractivity contribution in [3.63, 3.8) is 0 Å². The van der Waals surface area contributed by atoms with Gasteiger partial charge >= 0.3 is 0 Å². The van der Waals surface area contributed by atoms with Crippen molar-refractivity contribution in [3.8, 4) is 0 Å². The molecule has 0 aromatic rings. The Hall–Kier alpha value is 4.02. The molecule has 0 aromatic heterocycles. The summed E-state index contributed by atoms with van der Waals surface area (Å²) in [6.45, 7) is 0. The number of hydrogen-bond donors (Lipinski definition) is 0. The van der Waals surface area contributed by atoms with Crippen molar-refractivity contribution < 1.29 is 80.7 Å². The van der Waals surface area contributed by atoms with Crippen molar-refractivity contribution in [2.75, 3.05) is 0 Å². The van der Waals surface area contributed by atoms with E-state index in [9.17, 15) is 0 Å². The average Bonchev–Trinajstić information content (AvgIpc) is 0. The van der Waals surface area contributed by atoms with Gasteiger partial charge in [-0.1, -0.05) is 0 Å². The molecule has 0 aliphatic heterocycles. The minimum Gasteiger partial charge on any atom is -0.269 e. The molecular weight excluding hydrogens is 514 g/mol. The summed E-state index contributed by atoms with van der Waals surface area (Å²) >= 11 is 0. The fourth-order valence-electron chi connectivity index (χ4n) is 0. The van der Waals surface area contributed by atoms with Gasteiger partial charge in [-0.2, -0.15) is 9.90 Å². The van der Waals surface area contributed by atoms with Crippen LogP contribution in [0.2, 0.25) is 0 Å². The van der Waals surface area contributed by atoms with Gasteiger partial charge in [0.25, 0.3) is 0 Å². The first-order valence-electron chi connectivity index (χ1n) is 0. The van der Waals surface area contributed by atoms with Crippen LogP contribution in [0.1, 0.15) is 1.43 Å². The second kappa shape index (κ2) is 68.4. The molecule has 3 radical (unpaired) electrons. The summed E-state index contributed by atoms with van der Waals surface area (Å²) in [5.41, 5.74) is 0. The largest absolute Gasteiger partial charge is 0.269 e. The molecule has 1 atom stereocenters. The molecule has 8 heteroatoms. The zero-order valence-corrected chi connectivity index (χ0v) is 15.5. The molecule has 0 aliphatic rings. The summed E-state index contributed by atoms with van der Waals surface area (Å²) in [5.74, 6) is 0. The van der Waals surface area contributed by atoms with E-state index in [4.69, 9.17) is 0 Å². The number of hydrogen-bond acceptors (Lipinski definition) is 0. The fourth-order valence-corrected chi connectivity index (χ4v) is 0. The van der Waals surface area contributed by atoms with Crippen molar-refractivity contribution >= 4 is 57.9 Å². The van der Waals surface area contributed by atoms with Gasteiger partial charge in [0, 0.05) is 71.2 Å². The summed E-state index contributed by atoms with van der Waals surface area (Å²) < 4.78 is 0. The Bertz CT molecular complexity index is 22.5. The average molecular weight is 523 g/mol. The first-order valence-corrected chi connectivity index (χ1v) is 0. The molecule has 8 heavy (non-hydrogen) atoms. The third kappa shape index (κ3) is 50.4. The first kappa shape index (κ1) is 90.3. The van der Waals surface area contributed by atoms with E-state index in [1.165, 1.54) is 0 Å². The van der Waals surface area contributed by atoms with Gasteiger partial charge in [-0.25, -0.2) is 0 Å². The molecule has 0 nitrogen and oxygen atoms in total. The predicted octanol–water partition coefficient (Wildman–Crippen LogP) is 1.84. The maximum atomic E-state index is 0. The van der Waals surface area contributed by atoms with E-state index in [2.05, 4.69) is 0 Å². The van der Waals surface area contributed by atoms with Crippen molar-refractivity contribution in [2.45, 2.75) is 0 Å². The predicted molar refractivity (Wildman–Crippen MR) is 49.1 cm³/mol. The topological polar surface area (TPSA) is 0 Å². The first-order chi connectivity index (χ1) is 0. The van der Waals surface area contributed by atoms with Crippen molar-refractivity contribution in [1.29, 1.82) is 0 Å². The normalized spacial score (nSPS) is 0. The van der Waals surface area contributed by atoms with Crippen molar-refractivity contribution in [3.05, 3.63) is 0 Å². The van der Waals surface area contributed by atoms with E-state index in [-0.39, 0.29) is 139 Å². The SMILES string of the molecule is F.F.I.I.P.[HH].[V].[V].[Y]. The minimum absolute atomic E-state index is 0. The molecule has 0 fully saturated rings. The van der Waals surface area contributed by atoms with Gasteiger partial charge in [0.1, 0.15) is 0 Å². The molecule has 0 aliphatic carbocycles. The van der Waals surface area contributed by atoms with Crippen molar-refractivity contribution in [2.24, 2.45) is 0 Å². The molecule has 0 aromatic carbocycles. The Morgan fingerprint density at radius 2 is 0.750 bits per heavy atom. The van der Waals surface area contributed by atoms with E-state index < -0.39 is 0 Å². The Labute approximate surface area is 136 Å². The molecule has 1 unspecified atom stereocenters. The Morgan fingerprint density at radius 3 is 0.750 bits per heavy atom. The van der Waals surface area contributed by atoms with Crippen LogP contribution in [0, 0.1) is 0 Å². The smallest absolute Gasteiger partial charge is 0 e. The Kier molecular flexibility index (Phi) is 772. The third-order valence-corrected chi connectivity index (χ3v) is 0. The second-order valence-electron chi connectivity index (χ2n) is 0. The van der Waals surface area contributed by atoms with Crippen LogP contribution in [0.15, 0.2) is 0 Å². The quantitative estimate of drug-likeness (QED) is 0.337. The third-order valence-electron chi connectivity index (χ3n) is 0. The molecule has 0 saturated carbocycles. The van der Waals surface area contributed by atoms with E-state index in [1.54, 1.807) is 0 Å².